The van der Waals surface area contributed by atoms with Crippen LogP contribution in [0.3, 0.4) is 0 Å². The Morgan fingerprint density at radius 3 is 1.56 bits per heavy atom. The van der Waals surface area contributed by atoms with Crippen molar-refractivity contribution in [1.29, 1.82) is 0 Å². The van der Waals surface area contributed by atoms with Gasteiger partial charge in [-0.15, -0.1) is 0 Å². The summed E-state index contributed by atoms with van der Waals surface area (Å²) < 4.78 is 2.29. The zero-order valence-corrected chi connectivity index (χ0v) is 14.8. The molecule has 0 aromatic heterocycles. The first-order valence-electron chi connectivity index (χ1n) is 6.89. The number of unbranched alkanes of at least 4 members (excludes halogenated alkanes) is 3. The third-order valence-electron chi connectivity index (χ3n) is 3.21. The van der Waals surface area contributed by atoms with E-state index in [1.165, 1.54) is 56.2 Å². The van der Waals surface area contributed by atoms with E-state index in [1.807, 2.05) is 0 Å². The van der Waals surface area contributed by atoms with Crippen LogP contribution in [0.4, 0.5) is 0 Å². The quantitative estimate of drug-likeness (QED) is 0.310. The summed E-state index contributed by atoms with van der Waals surface area (Å²) in [5, 5.41) is 0. The lowest BCUT2D eigenvalue weighted by Crippen LogP contribution is -3.00. The summed E-state index contributed by atoms with van der Waals surface area (Å²) in [6.45, 7) is 6.23. The van der Waals surface area contributed by atoms with Crippen molar-refractivity contribution in [1.82, 2.24) is 0 Å². The molecule has 0 aliphatic rings. The van der Waals surface area contributed by atoms with Crippen LogP contribution >= 0.6 is 0 Å². The Balaban J connectivity index is -0.00000112. The van der Waals surface area contributed by atoms with Crippen LogP contribution in [0, 0.1) is 0 Å². The fourth-order valence-electron chi connectivity index (χ4n) is 2.05. The predicted octanol–water partition coefficient (Wildman–Crippen LogP) is -3.25. The Kier molecular flexibility index (Phi) is 14.9. The van der Waals surface area contributed by atoms with Gasteiger partial charge in [-0.2, -0.15) is 0 Å². The van der Waals surface area contributed by atoms with Gasteiger partial charge in [0.05, 0.1) is 54.9 Å². The summed E-state index contributed by atoms with van der Waals surface area (Å²) in [5.41, 5.74) is 0. The second-order valence-corrected chi connectivity index (χ2v) is 6.81. The molecule has 0 heterocycles. The fraction of sp³-hybridized carbons (Fsp3) is 1.00. The van der Waals surface area contributed by atoms with E-state index in [4.69, 9.17) is 0 Å². The Hall–Kier alpha value is 0.500. The van der Waals surface area contributed by atoms with E-state index in [2.05, 4.69) is 42.2 Å². The van der Waals surface area contributed by atoms with Crippen LogP contribution in [-0.4, -0.2) is 63.8 Å². The van der Waals surface area contributed by atoms with E-state index in [1.54, 1.807) is 0 Å². The summed E-state index contributed by atoms with van der Waals surface area (Å²) in [6.07, 6.45) is 6.89. The maximum absolute atomic E-state index is 2.38. The van der Waals surface area contributed by atoms with E-state index in [0.717, 1.165) is 4.48 Å². The van der Waals surface area contributed by atoms with Crippen molar-refractivity contribution < 1.29 is 33.8 Å². The SMILES string of the molecule is CCCCCC[N+](C)(C)CCC[N+](C)(C)C.[Cl-].[Cl-]. The molecule has 0 unspecified atom stereocenters. The van der Waals surface area contributed by atoms with Crippen LogP contribution in [0.5, 0.6) is 0 Å². The number of hydrogen-bond acceptors (Lipinski definition) is 0. The van der Waals surface area contributed by atoms with Gasteiger partial charge < -0.3 is 33.8 Å². The Labute approximate surface area is 128 Å². The van der Waals surface area contributed by atoms with Gasteiger partial charge in [0.2, 0.25) is 0 Å². The normalized spacial score (nSPS) is 11.7. The molecular formula is C14H34Cl2N2. The first-order chi connectivity index (χ1) is 7.27. The molecule has 0 atom stereocenters. The lowest BCUT2D eigenvalue weighted by atomic mass is 10.2. The predicted molar refractivity (Wildman–Crippen MR) is 73.5 cm³/mol. The highest BCUT2D eigenvalue weighted by atomic mass is 35.5. The molecule has 0 rings (SSSR count). The summed E-state index contributed by atoms with van der Waals surface area (Å²) in [7, 11) is 11.6. The number of halogens is 2. The molecule has 0 N–H and O–H groups in total. The van der Waals surface area contributed by atoms with E-state index in [0.29, 0.717) is 0 Å². The molecule has 0 aliphatic carbocycles. The molecule has 0 bridgehead atoms. The van der Waals surface area contributed by atoms with Gasteiger partial charge in [-0.1, -0.05) is 19.8 Å². The van der Waals surface area contributed by atoms with Crippen molar-refractivity contribution in [2.24, 2.45) is 0 Å². The van der Waals surface area contributed by atoms with Gasteiger partial charge in [0.15, 0.2) is 0 Å². The van der Waals surface area contributed by atoms with Crippen molar-refractivity contribution in [2.75, 3.05) is 54.9 Å². The van der Waals surface area contributed by atoms with E-state index in [9.17, 15) is 0 Å². The highest BCUT2D eigenvalue weighted by Crippen LogP contribution is 2.07. The topological polar surface area (TPSA) is 0 Å². The zero-order valence-electron chi connectivity index (χ0n) is 13.3. The van der Waals surface area contributed by atoms with Crippen molar-refractivity contribution in [3.8, 4) is 0 Å². The maximum atomic E-state index is 2.38. The van der Waals surface area contributed by atoms with Gasteiger partial charge in [-0.3, -0.25) is 0 Å². The molecule has 0 aromatic rings. The minimum atomic E-state index is 0. The van der Waals surface area contributed by atoms with Crippen LogP contribution < -0.4 is 24.8 Å². The standard InChI is InChI=1S/C14H34N2.2ClH/c1-7-8-9-10-13-16(5,6)14-11-12-15(2,3)4;;/h7-14H2,1-6H3;2*1H/q+2;;/p-2. The fourth-order valence-corrected chi connectivity index (χ4v) is 2.05. The van der Waals surface area contributed by atoms with E-state index < -0.39 is 0 Å². The number of nitrogens with zero attached hydrogens (tertiary/aromatic N) is 2. The highest BCUT2D eigenvalue weighted by molar-refractivity contribution is 4.42. The minimum Gasteiger partial charge on any atom is -1.00 e. The summed E-state index contributed by atoms with van der Waals surface area (Å²) in [4.78, 5) is 0. The van der Waals surface area contributed by atoms with Crippen LogP contribution in [0.2, 0.25) is 0 Å². The number of quaternary nitrogens is 2. The second kappa shape index (κ2) is 11.3. The molecule has 0 aliphatic heterocycles. The molecule has 0 radical (unpaired) electrons. The smallest absolute Gasteiger partial charge is 0.0836 e. The van der Waals surface area contributed by atoms with E-state index >= 15 is 0 Å². The average Bonchev–Trinajstić information content (AvgIpc) is 2.10. The molecule has 0 fully saturated rings. The lowest BCUT2D eigenvalue weighted by Gasteiger charge is -2.31. The highest BCUT2D eigenvalue weighted by Gasteiger charge is 2.16. The largest absolute Gasteiger partial charge is 1.00 e. The molecule has 0 spiro atoms. The summed E-state index contributed by atoms with van der Waals surface area (Å²) in [5.74, 6) is 0. The molecule has 4 heteroatoms. The number of rotatable bonds is 9. The maximum Gasteiger partial charge on any atom is 0.0836 e. The zero-order chi connectivity index (χ0) is 12.7. The average molecular weight is 301 g/mol. The third kappa shape index (κ3) is 16.5. The van der Waals surface area contributed by atoms with Gasteiger partial charge in [-0.25, -0.2) is 0 Å². The minimum absolute atomic E-state index is 0. The Bertz CT molecular complexity index is 177. The van der Waals surface area contributed by atoms with E-state index in [-0.39, 0.29) is 24.8 Å². The second-order valence-electron chi connectivity index (χ2n) is 6.81. The van der Waals surface area contributed by atoms with Gasteiger partial charge in [0.1, 0.15) is 0 Å². The van der Waals surface area contributed by atoms with Gasteiger partial charge >= 0.3 is 0 Å². The summed E-state index contributed by atoms with van der Waals surface area (Å²) in [6, 6.07) is 0. The van der Waals surface area contributed by atoms with Crippen molar-refractivity contribution >= 4 is 0 Å². The number of hydrogen-bond donors (Lipinski definition) is 0. The van der Waals surface area contributed by atoms with Crippen LogP contribution in [0.15, 0.2) is 0 Å². The van der Waals surface area contributed by atoms with Crippen LogP contribution in [0.1, 0.15) is 39.0 Å². The molecule has 0 aromatic carbocycles. The molecular weight excluding hydrogens is 267 g/mol. The monoisotopic (exact) mass is 300 g/mol. The third-order valence-corrected chi connectivity index (χ3v) is 3.21. The summed E-state index contributed by atoms with van der Waals surface area (Å²) >= 11 is 0. The van der Waals surface area contributed by atoms with Crippen LogP contribution in [-0.2, 0) is 0 Å². The molecule has 0 amide bonds. The molecule has 18 heavy (non-hydrogen) atoms. The molecule has 0 saturated heterocycles. The van der Waals surface area contributed by atoms with Crippen molar-refractivity contribution in [3.05, 3.63) is 0 Å². The van der Waals surface area contributed by atoms with Crippen molar-refractivity contribution in [3.63, 3.8) is 0 Å². The lowest BCUT2D eigenvalue weighted by molar-refractivity contribution is -0.902. The Morgan fingerprint density at radius 1 is 0.611 bits per heavy atom. The van der Waals surface area contributed by atoms with Crippen LogP contribution in [0.25, 0.3) is 0 Å². The van der Waals surface area contributed by atoms with Crippen molar-refractivity contribution in [2.45, 2.75) is 39.0 Å². The Morgan fingerprint density at radius 2 is 1.11 bits per heavy atom. The van der Waals surface area contributed by atoms with Gasteiger partial charge in [0.25, 0.3) is 0 Å². The van der Waals surface area contributed by atoms with Gasteiger partial charge in [0, 0.05) is 6.42 Å². The molecule has 0 saturated carbocycles. The van der Waals surface area contributed by atoms with Gasteiger partial charge in [-0.05, 0) is 12.8 Å². The molecule has 2 nitrogen and oxygen atoms in total. The first-order valence-corrected chi connectivity index (χ1v) is 6.89. The molecule has 114 valence electrons. The first kappa shape index (κ1) is 23.6.